The molecule has 2 aromatic rings. The molecule has 1 saturated heterocycles. The lowest BCUT2D eigenvalue weighted by Crippen LogP contribution is -2.50. The third-order valence-corrected chi connectivity index (χ3v) is 5.95. The molecule has 1 fully saturated rings. The SMILES string of the molecule is CC(C)C(=O)N1CCN(c2ccc(NC(=S)NC(=O)c3cccc(Br)c3)cc2Cl)CC1. The number of nitrogens with one attached hydrogen (secondary N) is 2. The van der Waals surface area contributed by atoms with Crippen molar-refractivity contribution in [2.45, 2.75) is 13.8 Å². The van der Waals surface area contributed by atoms with E-state index < -0.39 is 0 Å². The van der Waals surface area contributed by atoms with E-state index in [9.17, 15) is 9.59 Å². The van der Waals surface area contributed by atoms with Gasteiger partial charge in [-0.25, -0.2) is 0 Å². The highest BCUT2D eigenvalue weighted by Crippen LogP contribution is 2.30. The first kappa shape index (κ1) is 23.5. The summed E-state index contributed by atoms with van der Waals surface area (Å²) in [6.45, 7) is 6.65. The van der Waals surface area contributed by atoms with Gasteiger partial charge in [0.25, 0.3) is 5.91 Å². The van der Waals surface area contributed by atoms with Gasteiger partial charge in [0.1, 0.15) is 0 Å². The monoisotopic (exact) mass is 522 g/mol. The predicted molar refractivity (Wildman–Crippen MR) is 133 cm³/mol. The zero-order valence-electron chi connectivity index (χ0n) is 17.3. The van der Waals surface area contributed by atoms with Gasteiger partial charge in [-0.3, -0.25) is 14.9 Å². The number of carbonyl (C=O) groups is 2. The molecule has 6 nitrogen and oxygen atoms in total. The first-order chi connectivity index (χ1) is 14.7. The maximum atomic E-state index is 12.3. The van der Waals surface area contributed by atoms with E-state index in [1.807, 2.05) is 36.9 Å². The van der Waals surface area contributed by atoms with Crippen molar-refractivity contribution in [3.8, 4) is 0 Å². The van der Waals surface area contributed by atoms with Gasteiger partial charge in [0.2, 0.25) is 5.91 Å². The molecular weight excluding hydrogens is 500 g/mol. The third kappa shape index (κ3) is 6.18. The molecule has 9 heteroatoms. The standard InChI is InChI=1S/C22H24BrClN4O2S/c1-14(2)21(30)28-10-8-27(9-11-28)19-7-6-17(13-18(19)24)25-22(31)26-20(29)15-4-3-5-16(23)12-15/h3-7,12-14H,8-11H2,1-2H3,(H2,25,26,29,31). The highest BCUT2D eigenvalue weighted by Gasteiger charge is 2.24. The average Bonchev–Trinajstić information content (AvgIpc) is 2.73. The minimum atomic E-state index is -0.296. The molecule has 1 heterocycles. The smallest absolute Gasteiger partial charge is 0.257 e. The maximum Gasteiger partial charge on any atom is 0.257 e. The summed E-state index contributed by atoms with van der Waals surface area (Å²) in [7, 11) is 0. The lowest BCUT2D eigenvalue weighted by atomic mass is 10.1. The fraction of sp³-hybridized carbons (Fsp3) is 0.318. The van der Waals surface area contributed by atoms with Gasteiger partial charge < -0.3 is 15.1 Å². The van der Waals surface area contributed by atoms with Crippen molar-refractivity contribution in [2.24, 2.45) is 5.92 Å². The number of halogens is 2. The van der Waals surface area contributed by atoms with Crippen LogP contribution in [0.15, 0.2) is 46.9 Å². The zero-order chi connectivity index (χ0) is 22.5. The maximum absolute atomic E-state index is 12.3. The van der Waals surface area contributed by atoms with Gasteiger partial charge in [-0.2, -0.15) is 0 Å². The van der Waals surface area contributed by atoms with Crippen molar-refractivity contribution < 1.29 is 9.59 Å². The van der Waals surface area contributed by atoms with Gasteiger partial charge in [0, 0.05) is 47.8 Å². The van der Waals surface area contributed by atoms with Crippen LogP contribution < -0.4 is 15.5 Å². The van der Waals surface area contributed by atoms with Crippen LogP contribution in [0.3, 0.4) is 0 Å². The Bertz CT molecular complexity index is 993. The van der Waals surface area contributed by atoms with Crippen molar-refractivity contribution in [3.05, 3.63) is 57.5 Å². The Balaban J connectivity index is 1.58. The van der Waals surface area contributed by atoms with Gasteiger partial charge in [0.15, 0.2) is 5.11 Å². The number of hydrogen-bond acceptors (Lipinski definition) is 4. The molecule has 0 atom stereocenters. The normalized spacial score (nSPS) is 13.8. The molecular formula is C22H24BrClN4O2S. The van der Waals surface area contributed by atoms with Gasteiger partial charge >= 0.3 is 0 Å². The van der Waals surface area contributed by atoms with Crippen molar-refractivity contribution >= 4 is 68.1 Å². The van der Waals surface area contributed by atoms with E-state index in [0.717, 1.165) is 23.2 Å². The lowest BCUT2D eigenvalue weighted by Gasteiger charge is -2.37. The molecule has 0 saturated carbocycles. The van der Waals surface area contributed by atoms with E-state index in [0.29, 0.717) is 29.4 Å². The lowest BCUT2D eigenvalue weighted by molar-refractivity contribution is -0.134. The van der Waals surface area contributed by atoms with Gasteiger partial charge in [-0.1, -0.05) is 47.4 Å². The van der Waals surface area contributed by atoms with Crippen LogP contribution in [0, 0.1) is 5.92 Å². The Morgan fingerprint density at radius 2 is 1.81 bits per heavy atom. The summed E-state index contributed by atoms with van der Waals surface area (Å²) in [6.07, 6.45) is 0. The Morgan fingerprint density at radius 3 is 2.42 bits per heavy atom. The van der Waals surface area contributed by atoms with Crippen LogP contribution >= 0.6 is 39.7 Å². The summed E-state index contributed by atoms with van der Waals surface area (Å²) in [6, 6.07) is 12.6. The van der Waals surface area contributed by atoms with Crippen LogP contribution in [0.1, 0.15) is 24.2 Å². The quantitative estimate of drug-likeness (QED) is 0.577. The molecule has 0 aromatic heterocycles. The van der Waals surface area contributed by atoms with Crippen molar-refractivity contribution in [2.75, 3.05) is 36.4 Å². The molecule has 1 aliphatic heterocycles. The van der Waals surface area contributed by atoms with E-state index in [-0.39, 0.29) is 22.8 Å². The second-order valence-corrected chi connectivity index (χ2v) is 9.28. The van der Waals surface area contributed by atoms with Crippen molar-refractivity contribution in [1.29, 1.82) is 0 Å². The first-order valence-electron chi connectivity index (χ1n) is 9.96. The van der Waals surface area contributed by atoms with Gasteiger partial charge in [-0.15, -0.1) is 0 Å². The molecule has 0 unspecified atom stereocenters. The van der Waals surface area contributed by atoms with Crippen molar-refractivity contribution in [1.82, 2.24) is 10.2 Å². The van der Waals surface area contributed by atoms with E-state index in [2.05, 4.69) is 31.5 Å². The largest absolute Gasteiger partial charge is 0.367 e. The number of thiocarbonyl (C=S) groups is 1. The molecule has 2 aromatic carbocycles. The van der Waals surface area contributed by atoms with Gasteiger partial charge in [0.05, 0.1) is 10.7 Å². The molecule has 0 spiro atoms. The van der Waals surface area contributed by atoms with Crippen LogP contribution in [0.5, 0.6) is 0 Å². The Hall–Kier alpha value is -2.16. The topological polar surface area (TPSA) is 64.7 Å². The minimum absolute atomic E-state index is 0.00763. The number of piperazine rings is 1. The molecule has 0 bridgehead atoms. The van der Waals surface area contributed by atoms with Crippen LogP contribution in [-0.2, 0) is 4.79 Å². The number of anilines is 2. The highest BCUT2D eigenvalue weighted by atomic mass is 79.9. The Morgan fingerprint density at radius 1 is 1.10 bits per heavy atom. The minimum Gasteiger partial charge on any atom is -0.367 e. The van der Waals surface area contributed by atoms with Crippen LogP contribution in [-0.4, -0.2) is 48.0 Å². The van der Waals surface area contributed by atoms with E-state index in [1.54, 1.807) is 24.3 Å². The fourth-order valence-electron chi connectivity index (χ4n) is 3.34. The molecule has 164 valence electrons. The summed E-state index contributed by atoms with van der Waals surface area (Å²) in [4.78, 5) is 28.6. The summed E-state index contributed by atoms with van der Waals surface area (Å²) in [5, 5.41) is 6.43. The molecule has 2 amide bonds. The second kappa shape index (κ2) is 10.4. The van der Waals surface area contributed by atoms with Crippen LogP contribution in [0.4, 0.5) is 11.4 Å². The third-order valence-electron chi connectivity index (χ3n) is 4.95. The molecule has 31 heavy (non-hydrogen) atoms. The first-order valence-corrected chi connectivity index (χ1v) is 11.5. The molecule has 1 aliphatic rings. The predicted octanol–water partition coefficient (Wildman–Crippen LogP) is 4.53. The molecule has 2 N–H and O–H groups in total. The average molecular weight is 524 g/mol. The van der Waals surface area contributed by atoms with E-state index in [1.165, 1.54) is 0 Å². The van der Waals surface area contributed by atoms with Crippen LogP contribution in [0.2, 0.25) is 5.02 Å². The number of hydrogen-bond donors (Lipinski definition) is 2. The summed E-state index contributed by atoms with van der Waals surface area (Å²) in [5.74, 6) is -0.104. The fourth-order valence-corrected chi connectivity index (χ4v) is 4.25. The Kier molecular flexibility index (Phi) is 7.91. The second-order valence-electron chi connectivity index (χ2n) is 7.55. The van der Waals surface area contributed by atoms with Gasteiger partial charge in [-0.05, 0) is 48.6 Å². The van der Waals surface area contributed by atoms with E-state index in [4.69, 9.17) is 23.8 Å². The molecule has 0 aliphatic carbocycles. The molecule has 3 rings (SSSR count). The number of amides is 2. The molecule has 0 radical (unpaired) electrons. The summed E-state index contributed by atoms with van der Waals surface area (Å²) >= 11 is 15.1. The number of carbonyl (C=O) groups excluding carboxylic acids is 2. The van der Waals surface area contributed by atoms with Crippen LogP contribution in [0.25, 0.3) is 0 Å². The number of benzene rings is 2. The van der Waals surface area contributed by atoms with Crippen molar-refractivity contribution in [3.63, 3.8) is 0 Å². The highest BCUT2D eigenvalue weighted by molar-refractivity contribution is 9.10. The Labute approximate surface area is 201 Å². The zero-order valence-corrected chi connectivity index (χ0v) is 20.5. The summed E-state index contributed by atoms with van der Waals surface area (Å²) in [5.41, 5.74) is 2.09. The number of rotatable bonds is 4. The number of nitrogens with zero attached hydrogens (tertiary/aromatic N) is 2. The van der Waals surface area contributed by atoms with E-state index >= 15 is 0 Å². The summed E-state index contributed by atoms with van der Waals surface area (Å²) < 4.78 is 0.816.